The molecule has 0 unspecified atom stereocenters. The molecule has 1 N–H and O–H groups in total. The van der Waals surface area contributed by atoms with Gasteiger partial charge in [0.15, 0.2) is 0 Å². The molecule has 0 aromatic rings. The number of hydrogen-bond acceptors (Lipinski definition) is 1. The van der Waals surface area contributed by atoms with E-state index >= 15 is 0 Å². The Kier molecular flexibility index (Phi) is 6.66. The fourth-order valence-corrected chi connectivity index (χ4v) is 1.94. The van der Waals surface area contributed by atoms with Crippen molar-refractivity contribution in [2.24, 2.45) is 0 Å². The summed E-state index contributed by atoms with van der Waals surface area (Å²) in [5.41, 5.74) is 0. The van der Waals surface area contributed by atoms with E-state index < -0.39 is 5.97 Å². The first-order valence-electron chi connectivity index (χ1n) is 3.18. The van der Waals surface area contributed by atoms with Crippen LogP contribution in [0.4, 0.5) is 0 Å². The number of carboxylic acids is 1. The molecule has 0 aliphatic rings. The van der Waals surface area contributed by atoms with Crippen LogP contribution in [-0.4, -0.2) is 26.0 Å². The van der Waals surface area contributed by atoms with Gasteiger partial charge in [-0.1, -0.05) is 0 Å². The van der Waals surface area contributed by atoms with E-state index in [1.807, 2.05) is 6.08 Å². The van der Waals surface area contributed by atoms with Gasteiger partial charge in [-0.25, -0.2) is 0 Å². The number of carbonyl (C=O) groups is 1. The molecule has 3 heteroatoms. The number of aliphatic carboxylic acids is 1. The Bertz CT molecular complexity index is 112. The molecular formula is C7H12O2Se. The van der Waals surface area contributed by atoms with Crippen molar-refractivity contribution in [1.82, 2.24) is 0 Å². The maximum atomic E-state index is 10.0. The third-order valence-electron chi connectivity index (χ3n) is 0.922. The molecule has 10 heavy (non-hydrogen) atoms. The molecule has 0 aliphatic carbocycles. The van der Waals surface area contributed by atoms with Crippen LogP contribution in [0.5, 0.6) is 0 Å². The van der Waals surface area contributed by atoms with Crippen LogP contribution in [0.1, 0.15) is 12.8 Å². The van der Waals surface area contributed by atoms with Crippen molar-refractivity contribution in [3.05, 3.63) is 12.7 Å². The minimum atomic E-state index is -0.668. The van der Waals surface area contributed by atoms with Gasteiger partial charge in [0.25, 0.3) is 0 Å². The number of unbranched alkanes of at least 4 members (excludes halogenated alkanes) is 1. The third kappa shape index (κ3) is 7.73. The van der Waals surface area contributed by atoms with Gasteiger partial charge >= 0.3 is 67.0 Å². The fraction of sp³-hybridized carbons (Fsp3) is 0.571. The summed E-state index contributed by atoms with van der Waals surface area (Å²) in [4.78, 5) is 10.0. The number of carboxylic acid groups (broad SMARTS) is 1. The van der Waals surface area contributed by atoms with E-state index in [-0.39, 0.29) is 0 Å². The predicted octanol–water partition coefficient (Wildman–Crippen LogP) is 1.58. The quantitative estimate of drug-likeness (QED) is 0.408. The van der Waals surface area contributed by atoms with E-state index in [4.69, 9.17) is 5.11 Å². The van der Waals surface area contributed by atoms with Gasteiger partial charge in [-0.3, -0.25) is 0 Å². The summed E-state index contributed by atoms with van der Waals surface area (Å²) in [6.07, 6.45) is 3.98. The molecule has 58 valence electrons. The van der Waals surface area contributed by atoms with Crippen LogP contribution in [0.25, 0.3) is 0 Å². The van der Waals surface area contributed by atoms with Crippen molar-refractivity contribution >= 4 is 20.9 Å². The van der Waals surface area contributed by atoms with Crippen LogP contribution in [0.3, 0.4) is 0 Å². The van der Waals surface area contributed by atoms with Crippen molar-refractivity contribution in [1.29, 1.82) is 0 Å². The van der Waals surface area contributed by atoms with Gasteiger partial charge in [0.05, 0.1) is 0 Å². The fourth-order valence-electron chi connectivity index (χ4n) is 0.489. The van der Waals surface area contributed by atoms with Gasteiger partial charge in [-0.15, -0.1) is 0 Å². The third-order valence-corrected chi connectivity index (χ3v) is 3.08. The molecule has 0 heterocycles. The Morgan fingerprint density at radius 1 is 1.70 bits per heavy atom. The van der Waals surface area contributed by atoms with E-state index in [0.29, 0.717) is 20.3 Å². The van der Waals surface area contributed by atoms with Crippen LogP contribution in [0.2, 0.25) is 10.6 Å². The predicted molar refractivity (Wildman–Crippen MR) is 42.4 cm³/mol. The summed E-state index contributed by atoms with van der Waals surface area (Å²) in [5, 5.41) is 9.69. The van der Waals surface area contributed by atoms with Gasteiger partial charge < -0.3 is 0 Å². The van der Waals surface area contributed by atoms with Crippen molar-refractivity contribution in [3.63, 3.8) is 0 Å². The van der Waals surface area contributed by atoms with Gasteiger partial charge in [0.1, 0.15) is 0 Å². The van der Waals surface area contributed by atoms with Crippen molar-refractivity contribution < 1.29 is 9.90 Å². The molecule has 0 saturated carbocycles. The molecule has 2 nitrogen and oxygen atoms in total. The summed E-state index contributed by atoms with van der Waals surface area (Å²) in [6.45, 7) is 3.58. The molecule has 0 rings (SSSR count). The summed E-state index contributed by atoms with van der Waals surface area (Å²) in [6, 6.07) is 0. The molecule has 0 aromatic carbocycles. The minimum absolute atomic E-state index is 0.300. The van der Waals surface area contributed by atoms with E-state index in [2.05, 4.69) is 6.58 Å². The Balaban J connectivity index is 2.90. The SMILES string of the molecule is C=CCCC[Se]CC(=O)O. The molecule has 0 spiro atoms. The normalized spacial score (nSPS) is 9.20. The zero-order valence-corrected chi connectivity index (χ0v) is 7.59. The van der Waals surface area contributed by atoms with Crippen LogP contribution < -0.4 is 0 Å². The van der Waals surface area contributed by atoms with E-state index in [1.54, 1.807) is 0 Å². The molecule has 0 radical (unpaired) electrons. The number of rotatable bonds is 6. The van der Waals surface area contributed by atoms with Gasteiger partial charge in [-0.2, -0.15) is 0 Å². The average molecular weight is 207 g/mol. The van der Waals surface area contributed by atoms with Crippen molar-refractivity contribution in [2.45, 2.75) is 23.5 Å². The number of allylic oxidation sites excluding steroid dienone is 1. The van der Waals surface area contributed by atoms with E-state index in [1.165, 1.54) is 0 Å². The van der Waals surface area contributed by atoms with Gasteiger partial charge in [-0.05, 0) is 0 Å². The Morgan fingerprint density at radius 3 is 2.90 bits per heavy atom. The number of hydrogen-bond donors (Lipinski definition) is 1. The van der Waals surface area contributed by atoms with Crippen LogP contribution in [0.15, 0.2) is 12.7 Å². The summed E-state index contributed by atoms with van der Waals surface area (Å²) >= 11 is 0.300. The molecule has 0 saturated heterocycles. The standard InChI is InChI=1S/C7H12O2Se/c1-2-3-4-5-10-6-7(8)9/h2H,1,3-6H2,(H,8,9). The summed E-state index contributed by atoms with van der Waals surface area (Å²) in [7, 11) is 0. The molecule has 0 atom stereocenters. The van der Waals surface area contributed by atoms with Crippen molar-refractivity contribution in [2.75, 3.05) is 0 Å². The average Bonchev–Trinajstić information content (AvgIpc) is 1.87. The molecule has 0 fully saturated rings. The van der Waals surface area contributed by atoms with E-state index in [0.717, 1.165) is 18.2 Å². The molecule has 0 bridgehead atoms. The zero-order valence-electron chi connectivity index (χ0n) is 5.88. The zero-order chi connectivity index (χ0) is 7.82. The van der Waals surface area contributed by atoms with Gasteiger partial charge in [0.2, 0.25) is 0 Å². The van der Waals surface area contributed by atoms with Crippen molar-refractivity contribution in [3.8, 4) is 0 Å². The molecule has 0 aliphatic heterocycles. The Morgan fingerprint density at radius 2 is 2.40 bits per heavy atom. The molecule has 0 amide bonds. The van der Waals surface area contributed by atoms with Gasteiger partial charge in [0, 0.05) is 0 Å². The topological polar surface area (TPSA) is 37.3 Å². The first kappa shape index (κ1) is 9.73. The summed E-state index contributed by atoms with van der Waals surface area (Å²) in [5.74, 6) is -0.668. The van der Waals surface area contributed by atoms with Crippen LogP contribution in [-0.2, 0) is 4.79 Å². The molecular weight excluding hydrogens is 195 g/mol. The first-order valence-corrected chi connectivity index (χ1v) is 5.60. The second-order valence-electron chi connectivity index (χ2n) is 1.88. The van der Waals surface area contributed by atoms with Crippen LogP contribution >= 0.6 is 0 Å². The maximum absolute atomic E-state index is 10.0. The van der Waals surface area contributed by atoms with Crippen LogP contribution in [0, 0.1) is 0 Å². The Hall–Kier alpha value is -0.271. The Labute approximate surface area is 67.5 Å². The molecule has 0 aromatic heterocycles. The summed E-state index contributed by atoms with van der Waals surface area (Å²) < 4.78 is 0. The second-order valence-corrected chi connectivity index (χ2v) is 4.20. The second kappa shape index (κ2) is 6.84. The monoisotopic (exact) mass is 208 g/mol. The first-order chi connectivity index (χ1) is 4.77. The van der Waals surface area contributed by atoms with E-state index in [9.17, 15) is 4.79 Å².